The highest BCUT2D eigenvalue weighted by Crippen LogP contribution is 2.29. The number of para-hydroxylation sites is 1. The number of rotatable bonds is 10. The van der Waals surface area contributed by atoms with Crippen LogP contribution in [0.2, 0.25) is 10.0 Å². The maximum absolute atomic E-state index is 13.9. The van der Waals surface area contributed by atoms with Gasteiger partial charge in [0.2, 0.25) is 0 Å². The Bertz CT molecular complexity index is 1460. The van der Waals surface area contributed by atoms with Gasteiger partial charge in [-0.15, -0.1) is 0 Å². The zero-order valence-electron chi connectivity index (χ0n) is 20.3. The van der Waals surface area contributed by atoms with Crippen molar-refractivity contribution in [2.75, 3.05) is 7.11 Å². The van der Waals surface area contributed by atoms with Gasteiger partial charge in [0.1, 0.15) is 24.8 Å². The van der Waals surface area contributed by atoms with Gasteiger partial charge in [-0.2, -0.15) is 5.10 Å². The van der Waals surface area contributed by atoms with E-state index in [1.807, 2.05) is 0 Å². The SMILES string of the molecule is COc1cc(/C=N/NC(=O)c2ccccc2OCc2ccc(Cl)cc2Cl)ccc1OCc1ccccc1F. The number of hydrogen-bond acceptors (Lipinski definition) is 5. The van der Waals surface area contributed by atoms with Gasteiger partial charge in [-0.1, -0.05) is 59.6 Å². The van der Waals surface area contributed by atoms with E-state index in [1.54, 1.807) is 78.9 Å². The fraction of sp³-hybridized carbons (Fsp3) is 0.103. The van der Waals surface area contributed by atoms with Crippen LogP contribution in [0.5, 0.6) is 17.2 Å². The van der Waals surface area contributed by atoms with Gasteiger partial charge in [-0.3, -0.25) is 4.79 Å². The van der Waals surface area contributed by atoms with Crippen molar-refractivity contribution < 1.29 is 23.4 Å². The molecule has 194 valence electrons. The topological polar surface area (TPSA) is 69.2 Å². The molecule has 0 bridgehead atoms. The van der Waals surface area contributed by atoms with Crippen LogP contribution >= 0.6 is 23.2 Å². The molecule has 1 N–H and O–H groups in total. The van der Waals surface area contributed by atoms with Crippen molar-refractivity contribution in [2.45, 2.75) is 13.2 Å². The van der Waals surface area contributed by atoms with Gasteiger partial charge in [0.15, 0.2) is 11.5 Å². The Kier molecular flexibility index (Phi) is 9.19. The third kappa shape index (κ3) is 7.03. The van der Waals surface area contributed by atoms with Crippen LogP contribution in [0.3, 0.4) is 0 Å². The van der Waals surface area contributed by atoms with E-state index in [9.17, 15) is 9.18 Å². The summed E-state index contributed by atoms with van der Waals surface area (Å²) in [6.45, 7) is 0.215. The van der Waals surface area contributed by atoms with Crippen LogP contribution in [0.1, 0.15) is 27.0 Å². The summed E-state index contributed by atoms with van der Waals surface area (Å²) in [5.41, 5.74) is 4.64. The summed E-state index contributed by atoms with van der Waals surface area (Å²) < 4.78 is 30.8. The van der Waals surface area contributed by atoms with Crippen LogP contribution in [-0.2, 0) is 13.2 Å². The smallest absolute Gasteiger partial charge is 0.275 e. The molecule has 0 unspecified atom stereocenters. The standard InChI is InChI=1S/C29H23Cl2FN2O4/c1-36-28-14-19(10-13-27(28)38-18-21-6-2-4-8-25(21)32)16-33-34-29(35)23-7-3-5-9-26(23)37-17-20-11-12-22(30)15-24(20)31/h2-16H,17-18H2,1H3,(H,34,35)/b33-16+. The van der Waals surface area contributed by atoms with E-state index in [0.29, 0.717) is 44.0 Å². The molecule has 0 aromatic heterocycles. The van der Waals surface area contributed by atoms with E-state index < -0.39 is 5.91 Å². The molecular formula is C29H23Cl2FN2O4. The summed E-state index contributed by atoms with van der Waals surface area (Å²) in [5.74, 6) is 0.479. The lowest BCUT2D eigenvalue weighted by molar-refractivity contribution is 0.0950. The number of ether oxygens (including phenoxy) is 3. The van der Waals surface area contributed by atoms with Gasteiger partial charge in [0.05, 0.1) is 18.9 Å². The maximum atomic E-state index is 13.9. The van der Waals surface area contributed by atoms with Gasteiger partial charge in [0.25, 0.3) is 5.91 Å². The fourth-order valence-corrected chi connectivity index (χ4v) is 3.92. The monoisotopic (exact) mass is 552 g/mol. The summed E-state index contributed by atoms with van der Waals surface area (Å²) in [4.78, 5) is 12.8. The van der Waals surface area contributed by atoms with Gasteiger partial charge >= 0.3 is 0 Å². The number of hydrogen-bond donors (Lipinski definition) is 1. The van der Waals surface area contributed by atoms with Crippen LogP contribution in [0.4, 0.5) is 4.39 Å². The molecule has 6 nitrogen and oxygen atoms in total. The van der Waals surface area contributed by atoms with Crippen LogP contribution in [0, 0.1) is 5.82 Å². The van der Waals surface area contributed by atoms with E-state index in [1.165, 1.54) is 19.4 Å². The summed E-state index contributed by atoms with van der Waals surface area (Å²) in [6, 6.07) is 23.4. The van der Waals surface area contributed by atoms with E-state index in [0.717, 1.165) is 5.56 Å². The second kappa shape index (κ2) is 12.9. The quantitative estimate of drug-likeness (QED) is 0.169. The number of benzene rings is 4. The Morgan fingerprint density at radius 2 is 1.61 bits per heavy atom. The van der Waals surface area contributed by atoms with Gasteiger partial charge in [-0.05, 0) is 54.1 Å². The molecule has 4 aromatic carbocycles. The lowest BCUT2D eigenvalue weighted by atomic mass is 10.2. The average molecular weight is 553 g/mol. The summed E-state index contributed by atoms with van der Waals surface area (Å²) >= 11 is 12.2. The first kappa shape index (κ1) is 27.0. The third-order valence-corrected chi connectivity index (χ3v) is 6.03. The molecule has 9 heteroatoms. The first-order valence-corrected chi connectivity index (χ1v) is 12.2. The van der Waals surface area contributed by atoms with Crippen LogP contribution in [0.25, 0.3) is 0 Å². The Hall–Kier alpha value is -4.07. The first-order valence-electron chi connectivity index (χ1n) is 11.5. The molecule has 0 spiro atoms. The molecule has 38 heavy (non-hydrogen) atoms. The molecule has 0 atom stereocenters. The maximum Gasteiger partial charge on any atom is 0.275 e. The predicted molar refractivity (Wildman–Crippen MR) is 146 cm³/mol. The molecule has 1 amide bonds. The van der Waals surface area contributed by atoms with Gasteiger partial charge in [0, 0.05) is 21.2 Å². The lowest BCUT2D eigenvalue weighted by Gasteiger charge is -2.12. The minimum atomic E-state index is -0.448. The lowest BCUT2D eigenvalue weighted by Crippen LogP contribution is -2.18. The van der Waals surface area contributed by atoms with Crippen LogP contribution in [-0.4, -0.2) is 19.2 Å². The van der Waals surface area contributed by atoms with E-state index >= 15 is 0 Å². The number of halogens is 3. The largest absolute Gasteiger partial charge is 0.493 e. The van der Waals surface area contributed by atoms with Crippen molar-refractivity contribution in [3.8, 4) is 17.2 Å². The highest BCUT2D eigenvalue weighted by atomic mass is 35.5. The fourth-order valence-electron chi connectivity index (χ4n) is 3.45. The van der Waals surface area contributed by atoms with Crippen molar-refractivity contribution in [3.05, 3.63) is 123 Å². The predicted octanol–water partition coefficient (Wildman–Crippen LogP) is 7.06. The highest BCUT2D eigenvalue weighted by Gasteiger charge is 2.13. The third-order valence-electron chi connectivity index (χ3n) is 5.44. The molecular weight excluding hydrogens is 530 g/mol. The number of nitrogens with zero attached hydrogens (tertiary/aromatic N) is 1. The molecule has 4 aromatic rings. The van der Waals surface area contributed by atoms with Crippen molar-refractivity contribution in [2.24, 2.45) is 5.10 Å². The number of nitrogens with one attached hydrogen (secondary N) is 1. The van der Waals surface area contributed by atoms with E-state index in [4.69, 9.17) is 37.4 Å². The van der Waals surface area contributed by atoms with Crippen LogP contribution < -0.4 is 19.6 Å². The number of hydrazone groups is 1. The van der Waals surface area contributed by atoms with Gasteiger partial charge in [-0.25, -0.2) is 9.82 Å². The van der Waals surface area contributed by atoms with Crippen LogP contribution in [0.15, 0.2) is 90.0 Å². The molecule has 0 aliphatic carbocycles. The summed E-state index contributed by atoms with van der Waals surface area (Å²) in [7, 11) is 1.50. The molecule has 0 heterocycles. The number of carbonyl (C=O) groups is 1. The highest BCUT2D eigenvalue weighted by molar-refractivity contribution is 6.35. The summed E-state index contributed by atoms with van der Waals surface area (Å²) in [5, 5.41) is 5.05. The Morgan fingerprint density at radius 1 is 0.868 bits per heavy atom. The molecule has 4 rings (SSSR count). The number of amides is 1. The Morgan fingerprint density at radius 3 is 2.39 bits per heavy atom. The minimum absolute atomic E-state index is 0.0538. The molecule has 0 saturated heterocycles. The van der Waals surface area contributed by atoms with Crippen molar-refractivity contribution in [1.29, 1.82) is 0 Å². The second-order valence-corrected chi connectivity index (χ2v) is 8.85. The first-order chi connectivity index (χ1) is 18.4. The van der Waals surface area contributed by atoms with Crippen molar-refractivity contribution in [1.82, 2.24) is 5.43 Å². The van der Waals surface area contributed by atoms with Crippen molar-refractivity contribution in [3.63, 3.8) is 0 Å². The molecule has 0 aliphatic rings. The second-order valence-electron chi connectivity index (χ2n) is 8.01. The number of methoxy groups -OCH3 is 1. The van der Waals surface area contributed by atoms with E-state index in [2.05, 4.69) is 10.5 Å². The van der Waals surface area contributed by atoms with Crippen molar-refractivity contribution >= 4 is 35.3 Å². The van der Waals surface area contributed by atoms with E-state index in [-0.39, 0.29) is 19.0 Å². The Labute approximate surface area is 229 Å². The Balaban J connectivity index is 1.38. The number of carbonyl (C=O) groups excluding carboxylic acids is 1. The zero-order valence-corrected chi connectivity index (χ0v) is 21.8. The summed E-state index contributed by atoms with van der Waals surface area (Å²) in [6.07, 6.45) is 1.47. The van der Waals surface area contributed by atoms with Gasteiger partial charge < -0.3 is 14.2 Å². The zero-order chi connectivity index (χ0) is 26.9. The average Bonchev–Trinajstić information content (AvgIpc) is 2.92. The minimum Gasteiger partial charge on any atom is -0.493 e. The normalized spacial score (nSPS) is 10.8. The molecule has 0 fully saturated rings. The molecule has 0 radical (unpaired) electrons. The molecule has 0 saturated carbocycles. The molecule has 0 aliphatic heterocycles.